The minimum Gasteiger partial charge on any atom is -0.493 e. The van der Waals surface area contributed by atoms with Crippen molar-refractivity contribution in [1.29, 1.82) is 0 Å². The molecule has 35 heavy (non-hydrogen) atoms. The maximum absolute atomic E-state index is 13.7. The second-order valence-electron chi connectivity index (χ2n) is 8.51. The van der Waals surface area contributed by atoms with Crippen molar-refractivity contribution in [3.8, 4) is 11.5 Å². The first kappa shape index (κ1) is 26.1. The van der Waals surface area contributed by atoms with Gasteiger partial charge in [0.25, 0.3) is 10.0 Å². The van der Waals surface area contributed by atoms with E-state index in [2.05, 4.69) is 11.4 Å². The molecule has 1 N–H and O–H groups in total. The fourth-order valence-electron chi connectivity index (χ4n) is 3.94. The van der Waals surface area contributed by atoms with Crippen molar-refractivity contribution in [3.63, 3.8) is 0 Å². The molecule has 0 heterocycles. The second kappa shape index (κ2) is 10.8. The fourth-order valence-corrected chi connectivity index (χ4v) is 5.37. The number of hydrogen-bond donors (Lipinski definition) is 1. The van der Waals surface area contributed by atoms with Crippen molar-refractivity contribution in [3.05, 3.63) is 82.9 Å². The number of nitrogens with one attached hydrogen (secondary N) is 1. The van der Waals surface area contributed by atoms with Crippen LogP contribution in [-0.4, -0.2) is 35.1 Å². The highest BCUT2D eigenvalue weighted by molar-refractivity contribution is 7.92. The average molecular weight is 497 g/mol. The molecule has 7 nitrogen and oxygen atoms in total. The van der Waals surface area contributed by atoms with Gasteiger partial charge in [-0.25, -0.2) is 8.42 Å². The zero-order chi connectivity index (χ0) is 25.8. The molecule has 0 radical (unpaired) electrons. The Morgan fingerprint density at radius 1 is 0.886 bits per heavy atom. The summed E-state index contributed by atoms with van der Waals surface area (Å²) in [6.07, 6.45) is 0. The zero-order valence-corrected chi connectivity index (χ0v) is 21.8. The molecule has 8 heteroatoms. The molecule has 0 aliphatic carbocycles. The van der Waals surface area contributed by atoms with Gasteiger partial charge >= 0.3 is 0 Å². The van der Waals surface area contributed by atoms with E-state index in [-0.39, 0.29) is 23.2 Å². The maximum Gasteiger partial charge on any atom is 0.264 e. The van der Waals surface area contributed by atoms with Gasteiger partial charge in [-0.1, -0.05) is 41.5 Å². The summed E-state index contributed by atoms with van der Waals surface area (Å²) in [4.78, 5) is 13.1. The molecule has 0 saturated carbocycles. The second-order valence-corrected chi connectivity index (χ2v) is 10.4. The Morgan fingerprint density at radius 3 is 2.11 bits per heavy atom. The van der Waals surface area contributed by atoms with E-state index in [4.69, 9.17) is 9.47 Å². The fraction of sp³-hybridized carbons (Fsp3) is 0.296. The topological polar surface area (TPSA) is 84.9 Å². The van der Waals surface area contributed by atoms with Crippen molar-refractivity contribution in [2.24, 2.45) is 0 Å². The highest BCUT2D eigenvalue weighted by Gasteiger charge is 2.29. The van der Waals surface area contributed by atoms with Gasteiger partial charge < -0.3 is 14.8 Å². The number of amides is 1. The highest BCUT2D eigenvalue weighted by Crippen LogP contribution is 2.32. The van der Waals surface area contributed by atoms with Gasteiger partial charge in [0.05, 0.1) is 30.8 Å². The molecule has 1 atom stereocenters. The van der Waals surface area contributed by atoms with E-state index in [0.717, 1.165) is 26.6 Å². The molecule has 0 aromatic heterocycles. The van der Waals surface area contributed by atoms with Crippen molar-refractivity contribution in [1.82, 2.24) is 5.32 Å². The number of carbonyl (C=O) groups excluding carboxylic acids is 1. The number of ether oxygens (including phenoxy) is 2. The lowest BCUT2D eigenvalue weighted by Gasteiger charge is -2.26. The minimum absolute atomic E-state index is 0.00838. The van der Waals surface area contributed by atoms with Crippen LogP contribution in [0.15, 0.2) is 65.6 Å². The molecule has 3 aromatic carbocycles. The molecule has 0 unspecified atom stereocenters. The SMILES string of the molecule is COc1ccc(S(=O)(=O)N(CC(=O)N[C@@H](C)c2ccc(C)cc2C)c2ccc(C)cc2)cc1OC. The van der Waals surface area contributed by atoms with E-state index < -0.39 is 15.9 Å². The van der Waals surface area contributed by atoms with Crippen molar-refractivity contribution in [2.45, 2.75) is 38.6 Å². The van der Waals surface area contributed by atoms with Crippen LogP contribution in [0.4, 0.5) is 5.69 Å². The third-order valence-corrected chi connectivity index (χ3v) is 7.59. The Bertz CT molecular complexity index is 1300. The van der Waals surface area contributed by atoms with Gasteiger partial charge in [0, 0.05) is 6.07 Å². The third kappa shape index (κ3) is 5.95. The van der Waals surface area contributed by atoms with Gasteiger partial charge in [-0.15, -0.1) is 0 Å². The zero-order valence-electron chi connectivity index (χ0n) is 21.0. The molecule has 3 aromatic rings. The molecular weight excluding hydrogens is 464 g/mol. The van der Waals surface area contributed by atoms with Gasteiger partial charge in [0.2, 0.25) is 5.91 Å². The lowest BCUT2D eigenvalue weighted by Crippen LogP contribution is -2.41. The first-order valence-corrected chi connectivity index (χ1v) is 12.7. The van der Waals surface area contributed by atoms with Crippen LogP contribution in [0.3, 0.4) is 0 Å². The van der Waals surface area contributed by atoms with Crippen LogP contribution in [0, 0.1) is 20.8 Å². The van der Waals surface area contributed by atoms with Gasteiger partial charge in [-0.05, 0) is 63.1 Å². The van der Waals surface area contributed by atoms with E-state index in [1.807, 2.05) is 52.0 Å². The number of methoxy groups -OCH3 is 2. The molecular formula is C27H32N2O5S. The predicted molar refractivity (Wildman–Crippen MR) is 138 cm³/mol. The summed E-state index contributed by atoms with van der Waals surface area (Å²) in [6, 6.07) is 17.1. The number of nitrogens with zero attached hydrogens (tertiary/aromatic N) is 1. The summed E-state index contributed by atoms with van der Waals surface area (Å²) in [5.74, 6) is 0.279. The smallest absolute Gasteiger partial charge is 0.264 e. The summed E-state index contributed by atoms with van der Waals surface area (Å²) < 4.78 is 39.1. The maximum atomic E-state index is 13.7. The number of benzene rings is 3. The number of carbonyl (C=O) groups is 1. The lowest BCUT2D eigenvalue weighted by molar-refractivity contribution is -0.120. The standard InChI is InChI=1S/C27H32N2O5S/c1-18-7-10-22(11-8-18)29(35(31,32)23-12-14-25(33-5)26(16-23)34-6)17-27(30)28-21(4)24-13-9-19(2)15-20(24)3/h7-16,21H,17H2,1-6H3,(H,28,30)/t21-/m0/s1. The quantitative estimate of drug-likeness (QED) is 0.464. The van der Waals surface area contributed by atoms with Gasteiger partial charge in [0.1, 0.15) is 6.54 Å². The third-order valence-electron chi connectivity index (χ3n) is 5.82. The van der Waals surface area contributed by atoms with Crippen LogP contribution < -0.4 is 19.1 Å². The Morgan fingerprint density at radius 2 is 1.51 bits per heavy atom. The molecule has 0 fully saturated rings. The van der Waals surface area contributed by atoms with Crippen molar-refractivity contribution >= 4 is 21.6 Å². The normalized spacial score (nSPS) is 12.1. The van der Waals surface area contributed by atoms with Crippen LogP contribution in [0.25, 0.3) is 0 Å². The monoisotopic (exact) mass is 496 g/mol. The Hall–Kier alpha value is -3.52. The molecule has 0 spiro atoms. The average Bonchev–Trinajstić information content (AvgIpc) is 2.82. The Labute approximate surface area is 207 Å². The Balaban J connectivity index is 1.94. The largest absolute Gasteiger partial charge is 0.493 e. The minimum atomic E-state index is -4.10. The summed E-state index contributed by atoms with van der Waals surface area (Å²) in [6.45, 7) is 7.42. The van der Waals surface area contributed by atoms with E-state index in [1.54, 1.807) is 12.1 Å². The summed E-state index contributed by atoms with van der Waals surface area (Å²) in [5.41, 5.74) is 4.54. The molecule has 0 aliphatic heterocycles. The van der Waals surface area contributed by atoms with E-state index in [1.165, 1.54) is 32.4 Å². The molecule has 1 amide bonds. The molecule has 0 aliphatic rings. The van der Waals surface area contributed by atoms with Crippen LogP contribution in [0.5, 0.6) is 11.5 Å². The summed E-state index contributed by atoms with van der Waals surface area (Å²) >= 11 is 0. The number of aryl methyl sites for hydroxylation is 3. The Kier molecular flexibility index (Phi) is 8.07. The van der Waals surface area contributed by atoms with Gasteiger partial charge in [-0.3, -0.25) is 9.10 Å². The number of hydrogen-bond acceptors (Lipinski definition) is 5. The lowest BCUT2D eigenvalue weighted by atomic mass is 10.0. The predicted octanol–water partition coefficient (Wildman–Crippen LogP) is 4.70. The number of anilines is 1. The highest BCUT2D eigenvalue weighted by atomic mass is 32.2. The van der Waals surface area contributed by atoms with Crippen LogP contribution in [0.1, 0.15) is 35.2 Å². The molecule has 0 saturated heterocycles. The number of rotatable bonds is 9. The van der Waals surface area contributed by atoms with E-state index in [0.29, 0.717) is 11.4 Å². The van der Waals surface area contributed by atoms with E-state index in [9.17, 15) is 13.2 Å². The van der Waals surface area contributed by atoms with Crippen LogP contribution in [-0.2, 0) is 14.8 Å². The van der Waals surface area contributed by atoms with E-state index >= 15 is 0 Å². The first-order valence-electron chi connectivity index (χ1n) is 11.2. The van der Waals surface area contributed by atoms with Crippen LogP contribution >= 0.6 is 0 Å². The van der Waals surface area contributed by atoms with Crippen molar-refractivity contribution < 1.29 is 22.7 Å². The molecule has 186 valence electrons. The molecule has 0 bridgehead atoms. The first-order chi connectivity index (χ1) is 16.6. The van der Waals surface area contributed by atoms with Crippen molar-refractivity contribution in [2.75, 3.05) is 25.1 Å². The molecule has 3 rings (SSSR count). The van der Waals surface area contributed by atoms with Crippen LogP contribution in [0.2, 0.25) is 0 Å². The summed E-state index contributed by atoms with van der Waals surface area (Å²) in [7, 11) is -1.18. The summed E-state index contributed by atoms with van der Waals surface area (Å²) in [5, 5.41) is 2.94. The number of sulfonamides is 1. The van der Waals surface area contributed by atoms with Gasteiger partial charge in [-0.2, -0.15) is 0 Å². The van der Waals surface area contributed by atoms with Gasteiger partial charge in [0.15, 0.2) is 11.5 Å².